The quantitative estimate of drug-likeness (QED) is 0.742. The topological polar surface area (TPSA) is 85.6 Å². The summed E-state index contributed by atoms with van der Waals surface area (Å²) in [5.41, 5.74) is 2.47. The van der Waals surface area contributed by atoms with Crippen molar-refractivity contribution >= 4 is 11.7 Å². The average molecular weight is 365 g/mol. The number of phenolic OH excluding ortho intramolecular Hbond substituents is 1. The Labute approximate surface area is 156 Å². The van der Waals surface area contributed by atoms with Gasteiger partial charge in [0.1, 0.15) is 17.9 Å². The zero-order valence-electron chi connectivity index (χ0n) is 15.0. The predicted molar refractivity (Wildman–Crippen MR) is 99.9 cm³/mol. The number of nitrogens with zero attached hydrogens (tertiary/aromatic N) is 2. The lowest BCUT2D eigenvalue weighted by molar-refractivity contribution is -0.116. The van der Waals surface area contributed by atoms with E-state index in [9.17, 15) is 9.90 Å². The number of nitrogens with one attached hydrogen (secondary N) is 1. The summed E-state index contributed by atoms with van der Waals surface area (Å²) in [6.07, 6.45) is 1.96. The molecule has 1 aromatic heterocycles. The van der Waals surface area contributed by atoms with Crippen LogP contribution in [0, 0.1) is 0 Å². The van der Waals surface area contributed by atoms with E-state index in [1.165, 1.54) is 7.11 Å². The van der Waals surface area contributed by atoms with E-state index >= 15 is 0 Å². The maximum atomic E-state index is 12.4. The van der Waals surface area contributed by atoms with Crippen LogP contribution >= 0.6 is 0 Å². The minimum Gasteiger partial charge on any atom is -0.504 e. The number of rotatable bonds is 4. The zero-order valence-corrected chi connectivity index (χ0v) is 15.0. The van der Waals surface area contributed by atoms with E-state index in [1.54, 1.807) is 31.6 Å². The lowest BCUT2D eigenvalue weighted by Gasteiger charge is -2.24. The molecule has 2 N–H and O–H groups in total. The van der Waals surface area contributed by atoms with Gasteiger partial charge in [0, 0.05) is 18.4 Å². The summed E-state index contributed by atoms with van der Waals surface area (Å²) in [6.45, 7) is 0. The third-order valence-electron chi connectivity index (χ3n) is 4.71. The van der Waals surface area contributed by atoms with E-state index in [1.807, 2.05) is 28.8 Å². The second-order valence-corrected chi connectivity index (χ2v) is 6.29. The molecule has 0 spiro atoms. The van der Waals surface area contributed by atoms with Crippen molar-refractivity contribution in [2.24, 2.45) is 0 Å². The van der Waals surface area contributed by atoms with Crippen LogP contribution in [-0.2, 0) is 4.79 Å². The first-order valence-electron chi connectivity index (χ1n) is 8.49. The monoisotopic (exact) mass is 365 g/mol. The first kappa shape index (κ1) is 17.0. The SMILES string of the molecule is COc1cccc(-n2cnc3c2NC(=O)C[C@H]3c2ccc(O)c(OC)c2)c1. The largest absolute Gasteiger partial charge is 0.504 e. The summed E-state index contributed by atoms with van der Waals surface area (Å²) in [7, 11) is 3.11. The third kappa shape index (κ3) is 2.97. The van der Waals surface area contributed by atoms with Crippen LogP contribution in [0.4, 0.5) is 5.82 Å². The lowest BCUT2D eigenvalue weighted by atomic mass is 9.89. The molecule has 0 fully saturated rings. The van der Waals surface area contributed by atoms with Crippen LogP contribution in [0.2, 0.25) is 0 Å². The Morgan fingerprint density at radius 3 is 2.81 bits per heavy atom. The van der Waals surface area contributed by atoms with Gasteiger partial charge in [0.25, 0.3) is 0 Å². The number of benzene rings is 2. The summed E-state index contributed by atoms with van der Waals surface area (Å²) in [4.78, 5) is 16.9. The molecule has 2 heterocycles. The number of hydrogen-bond acceptors (Lipinski definition) is 5. The van der Waals surface area contributed by atoms with Crippen molar-refractivity contribution in [1.29, 1.82) is 0 Å². The van der Waals surface area contributed by atoms with Crippen LogP contribution in [0.25, 0.3) is 5.69 Å². The number of aromatic hydroxyl groups is 1. The minimum atomic E-state index is -0.227. The second kappa shape index (κ2) is 6.68. The zero-order chi connectivity index (χ0) is 19.0. The number of anilines is 1. The van der Waals surface area contributed by atoms with E-state index in [-0.39, 0.29) is 24.0 Å². The van der Waals surface area contributed by atoms with Gasteiger partial charge in [-0.1, -0.05) is 12.1 Å². The normalized spacial score (nSPS) is 15.8. The molecule has 0 saturated heterocycles. The number of hydrogen-bond donors (Lipinski definition) is 2. The second-order valence-electron chi connectivity index (χ2n) is 6.29. The van der Waals surface area contributed by atoms with Gasteiger partial charge >= 0.3 is 0 Å². The highest BCUT2D eigenvalue weighted by molar-refractivity contribution is 5.94. The fraction of sp³-hybridized carbons (Fsp3) is 0.200. The molecule has 7 nitrogen and oxygen atoms in total. The van der Waals surface area contributed by atoms with E-state index < -0.39 is 0 Å². The maximum absolute atomic E-state index is 12.4. The fourth-order valence-corrected chi connectivity index (χ4v) is 3.35. The highest BCUT2D eigenvalue weighted by Gasteiger charge is 2.31. The molecule has 0 bridgehead atoms. The van der Waals surface area contributed by atoms with Crippen LogP contribution in [0.3, 0.4) is 0 Å². The molecule has 0 aliphatic carbocycles. The summed E-state index contributed by atoms with van der Waals surface area (Å²) in [5.74, 6) is 1.46. The van der Waals surface area contributed by atoms with E-state index in [0.29, 0.717) is 11.6 Å². The molecule has 1 aliphatic heterocycles. The third-order valence-corrected chi connectivity index (χ3v) is 4.71. The van der Waals surface area contributed by atoms with Gasteiger partial charge < -0.3 is 19.9 Å². The molecule has 27 heavy (non-hydrogen) atoms. The summed E-state index contributed by atoms with van der Waals surface area (Å²) in [6, 6.07) is 12.6. The molecule has 3 aromatic rings. The molecule has 0 unspecified atom stereocenters. The lowest BCUT2D eigenvalue weighted by Crippen LogP contribution is -2.24. The average Bonchev–Trinajstić information content (AvgIpc) is 3.11. The smallest absolute Gasteiger partial charge is 0.226 e. The molecule has 1 aliphatic rings. The number of carbonyl (C=O) groups is 1. The Balaban J connectivity index is 1.80. The van der Waals surface area contributed by atoms with Gasteiger partial charge in [-0.3, -0.25) is 9.36 Å². The van der Waals surface area contributed by atoms with Gasteiger partial charge in [0.15, 0.2) is 11.5 Å². The number of methoxy groups -OCH3 is 2. The maximum Gasteiger partial charge on any atom is 0.226 e. The minimum absolute atomic E-state index is 0.0589. The first-order chi connectivity index (χ1) is 13.1. The van der Waals surface area contributed by atoms with Crippen LogP contribution < -0.4 is 14.8 Å². The first-order valence-corrected chi connectivity index (χ1v) is 8.49. The Kier molecular flexibility index (Phi) is 4.19. The molecular formula is C20H19N3O4. The Morgan fingerprint density at radius 1 is 1.19 bits per heavy atom. The van der Waals surface area contributed by atoms with Crippen molar-refractivity contribution < 1.29 is 19.4 Å². The Bertz CT molecular complexity index is 1010. The standard InChI is InChI=1S/C20H19N3O4/c1-26-14-5-3-4-13(9-14)23-11-21-19-15(10-18(25)22-20(19)23)12-6-7-16(24)17(8-12)27-2/h3-9,11,15,24H,10H2,1-2H3,(H,22,25)/t15-/m0/s1. The highest BCUT2D eigenvalue weighted by Crippen LogP contribution is 2.40. The Morgan fingerprint density at radius 2 is 2.04 bits per heavy atom. The molecule has 1 amide bonds. The van der Waals surface area contributed by atoms with Crippen molar-refractivity contribution in [2.75, 3.05) is 19.5 Å². The van der Waals surface area contributed by atoms with Crippen molar-refractivity contribution in [2.45, 2.75) is 12.3 Å². The number of aromatic nitrogens is 2. The molecule has 1 atom stereocenters. The number of carbonyl (C=O) groups excluding carboxylic acids is 1. The summed E-state index contributed by atoms with van der Waals surface area (Å²) < 4.78 is 12.3. The van der Waals surface area contributed by atoms with Gasteiger partial charge in [-0.25, -0.2) is 4.98 Å². The van der Waals surface area contributed by atoms with E-state index in [2.05, 4.69) is 10.3 Å². The molecule has 0 saturated carbocycles. The number of fused-ring (bicyclic) bond motifs is 1. The molecule has 7 heteroatoms. The van der Waals surface area contributed by atoms with Gasteiger partial charge in [-0.15, -0.1) is 0 Å². The van der Waals surface area contributed by atoms with E-state index in [0.717, 1.165) is 22.7 Å². The van der Waals surface area contributed by atoms with Crippen LogP contribution in [0.5, 0.6) is 17.2 Å². The molecule has 2 aromatic carbocycles. The highest BCUT2D eigenvalue weighted by atomic mass is 16.5. The molecule has 0 radical (unpaired) electrons. The Hall–Kier alpha value is -3.48. The molecule has 138 valence electrons. The molecular weight excluding hydrogens is 346 g/mol. The van der Waals surface area contributed by atoms with Crippen LogP contribution in [0.15, 0.2) is 48.8 Å². The fourth-order valence-electron chi connectivity index (χ4n) is 3.35. The van der Waals surface area contributed by atoms with Gasteiger partial charge in [-0.05, 0) is 29.8 Å². The summed E-state index contributed by atoms with van der Waals surface area (Å²) >= 11 is 0. The summed E-state index contributed by atoms with van der Waals surface area (Å²) in [5, 5.41) is 12.8. The van der Waals surface area contributed by atoms with Crippen molar-refractivity contribution in [1.82, 2.24) is 9.55 Å². The van der Waals surface area contributed by atoms with Crippen molar-refractivity contribution in [3.8, 4) is 22.9 Å². The number of phenols is 1. The van der Waals surface area contributed by atoms with Crippen molar-refractivity contribution in [3.05, 3.63) is 60.0 Å². The number of amides is 1. The van der Waals surface area contributed by atoms with E-state index in [4.69, 9.17) is 9.47 Å². The number of ether oxygens (including phenoxy) is 2. The van der Waals surface area contributed by atoms with Gasteiger partial charge in [-0.2, -0.15) is 0 Å². The van der Waals surface area contributed by atoms with Crippen LogP contribution in [-0.4, -0.2) is 34.8 Å². The number of imidazole rings is 1. The predicted octanol–water partition coefficient (Wildman–Crippen LogP) is 3.07. The molecule has 4 rings (SSSR count). The van der Waals surface area contributed by atoms with Gasteiger partial charge in [0.05, 0.1) is 25.6 Å². The van der Waals surface area contributed by atoms with Gasteiger partial charge in [0.2, 0.25) is 5.91 Å². The van der Waals surface area contributed by atoms with Crippen LogP contribution in [0.1, 0.15) is 23.6 Å². The van der Waals surface area contributed by atoms with Crippen molar-refractivity contribution in [3.63, 3.8) is 0 Å².